The molecule has 13 heavy (non-hydrogen) atoms. The zero-order valence-corrected chi connectivity index (χ0v) is 8.84. The van der Waals surface area contributed by atoms with Gasteiger partial charge in [-0.1, -0.05) is 13.3 Å². The summed E-state index contributed by atoms with van der Waals surface area (Å²) in [6.07, 6.45) is 5.84. The van der Waals surface area contributed by atoms with Crippen molar-refractivity contribution in [3.05, 3.63) is 11.8 Å². The van der Waals surface area contributed by atoms with Crippen molar-refractivity contribution >= 4 is 5.78 Å². The van der Waals surface area contributed by atoms with Crippen molar-refractivity contribution in [1.29, 1.82) is 0 Å². The van der Waals surface area contributed by atoms with Crippen molar-refractivity contribution in [2.75, 3.05) is 7.05 Å². The fraction of sp³-hybridized carbons (Fsp3) is 0.727. The van der Waals surface area contributed by atoms with E-state index in [1.807, 2.05) is 0 Å². The minimum Gasteiger partial charge on any atom is -0.375 e. The Hall–Kier alpha value is -0.790. The maximum absolute atomic E-state index is 11.0. The average Bonchev–Trinajstić information content (AvgIpc) is 2.51. The second-order valence-electron chi connectivity index (χ2n) is 3.85. The molecule has 2 heteroatoms. The summed E-state index contributed by atoms with van der Waals surface area (Å²) in [5.41, 5.74) is 1.21. The lowest BCUT2D eigenvalue weighted by Crippen LogP contribution is -2.27. The SMILES string of the molecule is CCCC(C)N(C)C1=CC(=O)CC1. The quantitative estimate of drug-likeness (QED) is 0.663. The van der Waals surface area contributed by atoms with Crippen LogP contribution >= 0.6 is 0 Å². The van der Waals surface area contributed by atoms with Crippen LogP contribution in [0.15, 0.2) is 11.8 Å². The first-order chi connectivity index (χ1) is 6.15. The van der Waals surface area contributed by atoms with Crippen molar-refractivity contribution in [1.82, 2.24) is 4.90 Å². The van der Waals surface area contributed by atoms with Gasteiger partial charge in [0, 0.05) is 31.3 Å². The van der Waals surface area contributed by atoms with E-state index in [-0.39, 0.29) is 5.78 Å². The molecule has 0 spiro atoms. The van der Waals surface area contributed by atoms with Gasteiger partial charge in [-0.2, -0.15) is 0 Å². The third-order valence-electron chi connectivity index (χ3n) is 2.78. The normalized spacial score (nSPS) is 18.7. The molecule has 0 aromatic rings. The Labute approximate surface area is 80.6 Å². The van der Waals surface area contributed by atoms with Crippen LogP contribution in [0.3, 0.4) is 0 Å². The van der Waals surface area contributed by atoms with Crippen LogP contribution in [-0.2, 0) is 4.79 Å². The predicted octanol–water partition coefficient (Wildman–Crippen LogP) is 2.35. The summed E-state index contributed by atoms with van der Waals surface area (Å²) in [6, 6.07) is 0.558. The molecule has 0 N–H and O–H groups in total. The van der Waals surface area contributed by atoms with E-state index in [0.717, 1.165) is 6.42 Å². The Morgan fingerprint density at radius 2 is 2.23 bits per heavy atom. The zero-order chi connectivity index (χ0) is 9.84. The lowest BCUT2D eigenvalue weighted by molar-refractivity contribution is -0.114. The van der Waals surface area contributed by atoms with Crippen molar-refractivity contribution in [2.45, 2.75) is 45.6 Å². The smallest absolute Gasteiger partial charge is 0.157 e. The van der Waals surface area contributed by atoms with Crippen LogP contribution in [0, 0.1) is 0 Å². The summed E-state index contributed by atoms with van der Waals surface area (Å²) in [4.78, 5) is 13.3. The van der Waals surface area contributed by atoms with Crippen molar-refractivity contribution in [2.24, 2.45) is 0 Å². The van der Waals surface area contributed by atoms with Gasteiger partial charge in [-0.05, 0) is 19.8 Å². The van der Waals surface area contributed by atoms with Gasteiger partial charge in [0.2, 0.25) is 0 Å². The summed E-state index contributed by atoms with van der Waals surface area (Å²) >= 11 is 0. The van der Waals surface area contributed by atoms with E-state index in [2.05, 4.69) is 25.8 Å². The van der Waals surface area contributed by atoms with Crippen LogP contribution in [0.2, 0.25) is 0 Å². The molecule has 0 bridgehead atoms. The second-order valence-corrected chi connectivity index (χ2v) is 3.85. The molecule has 0 aromatic heterocycles. The summed E-state index contributed by atoms with van der Waals surface area (Å²) in [5, 5.41) is 0. The molecule has 0 aliphatic heterocycles. The highest BCUT2D eigenvalue weighted by atomic mass is 16.1. The second kappa shape index (κ2) is 4.45. The molecule has 0 heterocycles. The van der Waals surface area contributed by atoms with Gasteiger partial charge in [0.25, 0.3) is 0 Å². The monoisotopic (exact) mass is 181 g/mol. The molecule has 2 nitrogen and oxygen atoms in total. The van der Waals surface area contributed by atoms with E-state index in [1.165, 1.54) is 18.5 Å². The largest absolute Gasteiger partial charge is 0.375 e. The fourth-order valence-corrected chi connectivity index (χ4v) is 1.75. The van der Waals surface area contributed by atoms with Gasteiger partial charge in [0.05, 0.1) is 0 Å². The Bertz CT molecular complexity index is 220. The molecular formula is C11H19NO. The van der Waals surface area contributed by atoms with Gasteiger partial charge in [-0.3, -0.25) is 4.79 Å². The first-order valence-electron chi connectivity index (χ1n) is 5.11. The summed E-state index contributed by atoms with van der Waals surface area (Å²) in [5.74, 6) is 0.283. The number of hydrogen-bond donors (Lipinski definition) is 0. The molecule has 1 rings (SSSR count). The Kier molecular flexibility index (Phi) is 3.52. The highest BCUT2D eigenvalue weighted by molar-refractivity contribution is 5.92. The van der Waals surface area contributed by atoms with Crippen LogP contribution in [0.5, 0.6) is 0 Å². The van der Waals surface area contributed by atoms with Crippen LogP contribution < -0.4 is 0 Å². The molecule has 1 atom stereocenters. The molecule has 0 saturated carbocycles. The fourth-order valence-electron chi connectivity index (χ4n) is 1.75. The van der Waals surface area contributed by atoms with Crippen molar-refractivity contribution < 1.29 is 4.79 Å². The molecule has 0 radical (unpaired) electrons. The van der Waals surface area contributed by atoms with E-state index >= 15 is 0 Å². The highest BCUT2D eigenvalue weighted by Gasteiger charge is 2.18. The van der Waals surface area contributed by atoms with Crippen LogP contribution in [0.1, 0.15) is 39.5 Å². The first-order valence-corrected chi connectivity index (χ1v) is 5.11. The number of carbonyl (C=O) groups is 1. The Morgan fingerprint density at radius 3 is 2.69 bits per heavy atom. The number of allylic oxidation sites excluding steroid dienone is 2. The molecule has 0 fully saturated rings. The third-order valence-corrected chi connectivity index (χ3v) is 2.78. The zero-order valence-electron chi connectivity index (χ0n) is 8.84. The summed E-state index contributed by atoms with van der Waals surface area (Å²) < 4.78 is 0. The van der Waals surface area contributed by atoms with Crippen LogP contribution in [0.25, 0.3) is 0 Å². The van der Waals surface area contributed by atoms with E-state index < -0.39 is 0 Å². The summed E-state index contributed by atoms with van der Waals surface area (Å²) in [6.45, 7) is 4.41. The van der Waals surface area contributed by atoms with Crippen molar-refractivity contribution in [3.8, 4) is 0 Å². The lowest BCUT2D eigenvalue weighted by atomic mass is 10.1. The number of hydrogen-bond acceptors (Lipinski definition) is 2. The molecule has 0 saturated heterocycles. The minimum atomic E-state index is 0.283. The van der Waals surface area contributed by atoms with Crippen molar-refractivity contribution in [3.63, 3.8) is 0 Å². The lowest BCUT2D eigenvalue weighted by Gasteiger charge is -2.27. The van der Waals surface area contributed by atoms with E-state index in [4.69, 9.17) is 0 Å². The molecule has 0 aromatic carbocycles. The highest BCUT2D eigenvalue weighted by Crippen LogP contribution is 2.21. The number of nitrogens with zero attached hydrogens (tertiary/aromatic N) is 1. The molecule has 1 aliphatic carbocycles. The van der Waals surface area contributed by atoms with Gasteiger partial charge >= 0.3 is 0 Å². The Balaban J connectivity index is 2.51. The maximum Gasteiger partial charge on any atom is 0.157 e. The molecule has 0 amide bonds. The Morgan fingerprint density at radius 1 is 1.54 bits per heavy atom. The van der Waals surface area contributed by atoms with E-state index in [0.29, 0.717) is 12.5 Å². The van der Waals surface area contributed by atoms with E-state index in [9.17, 15) is 4.79 Å². The minimum absolute atomic E-state index is 0.283. The van der Waals surface area contributed by atoms with Crippen LogP contribution in [-0.4, -0.2) is 23.8 Å². The third kappa shape index (κ3) is 2.58. The van der Waals surface area contributed by atoms with Gasteiger partial charge in [0.15, 0.2) is 5.78 Å². The number of carbonyl (C=O) groups excluding carboxylic acids is 1. The maximum atomic E-state index is 11.0. The molecule has 74 valence electrons. The van der Waals surface area contributed by atoms with Gasteiger partial charge in [-0.15, -0.1) is 0 Å². The average molecular weight is 181 g/mol. The number of ketones is 1. The van der Waals surface area contributed by atoms with Gasteiger partial charge in [-0.25, -0.2) is 0 Å². The van der Waals surface area contributed by atoms with E-state index in [1.54, 1.807) is 6.08 Å². The topological polar surface area (TPSA) is 20.3 Å². The predicted molar refractivity (Wildman–Crippen MR) is 54.5 cm³/mol. The molecule has 1 aliphatic rings. The summed E-state index contributed by atoms with van der Waals surface area (Å²) in [7, 11) is 2.09. The molecule has 1 unspecified atom stereocenters. The van der Waals surface area contributed by atoms with Gasteiger partial charge in [0.1, 0.15) is 0 Å². The van der Waals surface area contributed by atoms with Gasteiger partial charge < -0.3 is 4.90 Å². The first kappa shape index (κ1) is 10.3. The van der Waals surface area contributed by atoms with Crippen LogP contribution in [0.4, 0.5) is 0 Å². The number of rotatable bonds is 4. The standard InChI is InChI=1S/C11H19NO/c1-4-5-9(2)12(3)10-6-7-11(13)8-10/h8-9H,4-7H2,1-3H3. The molecular weight excluding hydrogens is 162 g/mol.